The highest BCUT2D eigenvalue weighted by molar-refractivity contribution is 5.64. The van der Waals surface area contributed by atoms with Crippen molar-refractivity contribution >= 4 is 3.91 Å². The summed E-state index contributed by atoms with van der Waals surface area (Å²) in [6.07, 6.45) is -4.27. The molecular formula is C5H6F3INO+. The van der Waals surface area contributed by atoms with Gasteiger partial charge in [0, 0.05) is 0 Å². The Bertz CT molecular complexity index is 187. The Morgan fingerprint density at radius 3 is 2.00 bits per heavy atom. The highest BCUT2D eigenvalue weighted by atomic mass is 127. The molecule has 6 heteroatoms. The van der Waals surface area contributed by atoms with E-state index in [-0.39, 0.29) is 12.8 Å². The van der Waals surface area contributed by atoms with E-state index in [0.717, 1.165) is 22.6 Å². The number of halogens is 4. The standard InChI is InChI=1S/C5H5F3INO/c6-5(7,8)4(1-2-4)10-3(9)11/h9H,1-2H2/p+1. The van der Waals surface area contributed by atoms with Crippen LogP contribution in [0.1, 0.15) is 12.8 Å². The molecule has 11 heavy (non-hydrogen) atoms. The van der Waals surface area contributed by atoms with Crippen LogP contribution in [0.25, 0.3) is 0 Å². The molecule has 0 aromatic carbocycles. The van der Waals surface area contributed by atoms with Crippen molar-refractivity contribution in [2.45, 2.75) is 24.6 Å². The molecule has 1 amide bonds. The van der Waals surface area contributed by atoms with Gasteiger partial charge in [0.2, 0.25) is 0 Å². The van der Waals surface area contributed by atoms with Gasteiger partial charge >= 0.3 is 32.7 Å². The van der Waals surface area contributed by atoms with Crippen molar-refractivity contribution in [2.75, 3.05) is 0 Å². The molecule has 0 unspecified atom stereocenters. The first-order valence-corrected chi connectivity index (χ1v) is 4.10. The monoisotopic (exact) mass is 280 g/mol. The van der Waals surface area contributed by atoms with E-state index in [1.165, 1.54) is 0 Å². The van der Waals surface area contributed by atoms with Gasteiger partial charge in [-0.15, -0.1) is 0 Å². The van der Waals surface area contributed by atoms with Crippen LogP contribution < -0.4 is 27.9 Å². The third kappa shape index (κ3) is 1.77. The van der Waals surface area contributed by atoms with E-state index in [9.17, 15) is 18.0 Å². The van der Waals surface area contributed by atoms with Crippen molar-refractivity contribution in [1.82, 2.24) is 5.32 Å². The highest BCUT2D eigenvalue weighted by Gasteiger charge is 2.64. The number of amides is 1. The van der Waals surface area contributed by atoms with Gasteiger partial charge in [0.25, 0.3) is 0 Å². The maximum absolute atomic E-state index is 12.0. The average Bonchev–Trinajstić information content (AvgIpc) is 2.42. The van der Waals surface area contributed by atoms with Gasteiger partial charge in [0.1, 0.15) is 5.54 Å². The van der Waals surface area contributed by atoms with Crippen LogP contribution in [0.2, 0.25) is 0 Å². The van der Waals surface area contributed by atoms with Crippen LogP contribution in [0.15, 0.2) is 0 Å². The van der Waals surface area contributed by atoms with Gasteiger partial charge < -0.3 is 0 Å². The summed E-state index contributed by atoms with van der Waals surface area (Å²) in [6.45, 7) is 0. The fraction of sp³-hybridized carbons (Fsp3) is 0.800. The SMILES string of the molecule is O=C([IH+])NC1(C(F)(F)F)CC1. The number of hydrogen-bond donors (Lipinski definition) is 1. The quantitative estimate of drug-likeness (QED) is 0.338. The summed E-state index contributed by atoms with van der Waals surface area (Å²) in [4.78, 5) is 10.3. The molecule has 0 spiro atoms. The summed E-state index contributed by atoms with van der Waals surface area (Å²) >= 11 is 1.02. The van der Waals surface area contributed by atoms with Crippen LogP contribution in [-0.4, -0.2) is 15.6 Å². The Morgan fingerprint density at radius 1 is 1.45 bits per heavy atom. The Hall–Kier alpha value is -0.0100. The normalized spacial score (nSPS) is 21.1. The highest BCUT2D eigenvalue weighted by Crippen LogP contribution is 2.48. The molecule has 1 N–H and O–H groups in total. The molecule has 0 bridgehead atoms. The molecule has 0 aliphatic heterocycles. The van der Waals surface area contributed by atoms with E-state index < -0.39 is 15.6 Å². The number of hydrogen-bond acceptors (Lipinski definition) is 1. The molecule has 0 radical (unpaired) electrons. The van der Waals surface area contributed by atoms with Crippen LogP contribution in [-0.2, 0) is 0 Å². The van der Waals surface area contributed by atoms with Crippen molar-refractivity contribution < 1.29 is 40.6 Å². The lowest BCUT2D eigenvalue weighted by atomic mass is 10.3. The first kappa shape index (κ1) is 9.08. The minimum Gasteiger partial charge on any atom is -0.299 e. The van der Waals surface area contributed by atoms with Crippen LogP contribution in [0.3, 0.4) is 0 Å². The molecule has 0 aromatic rings. The first-order valence-electron chi connectivity index (χ1n) is 2.93. The maximum Gasteiger partial charge on any atom is 0.456 e. The van der Waals surface area contributed by atoms with Crippen LogP contribution in [0.4, 0.5) is 18.0 Å². The summed E-state index contributed by atoms with van der Waals surface area (Å²) in [6, 6.07) is 0. The third-order valence-corrected chi connectivity index (χ3v) is 1.93. The van der Waals surface area contributed by atoms with E-state index in [1.807, 2.05) is 5.32 Å². The third-order valence-electron chi connectivity index (χ3n) is 1.63. The van der Waals surface area contributed by atoms with E-state index >= 15 is 0 Å². The zero-order valence-electron chi connectivity index (χ0n) is 5.36. The molecule has 1 saturated carbocycles. The van der Waals surface area contributed by atoms with Crippen LogP contribution in [0, 0.1) is 0 Å². The van der Waals surface area contributed by atoms with Gasteiger partial charge in [0.05, 0.1) is 0 Å². The predicted molar refractivity (Wildman–Crippen MR) is 27.9 cm³/mol. The topological polar surface area (TPSA) is 29.1 Å². The van der Waals surface area contributed by atoms with Gasteiger partial charge in [-0.1, -0.05) is 0 Å². The lowest BCUT2D eigenvalue weighted by Crippen LogP contribution is -3.39. The van der Waals surface area contributed by atoms with Crippen molar-refractivity contribution in [3.8, 4) is 0 Å². The molecule has 1 aliphatic carbocycles. The smallest absolute Gasteiger partial charge is 0.299 e. The Kier molecular flexibility index (Phi) is 2.06. The number of carbonyl (C=O) groups excluding carboxylic acids is 1. The van der Waals surface area contributed by atoms with Gasteiger partial charge in [-0.3, -0.25) is 5.32 Å². The Balaban J connectivity index is 2.61. The number of carbonyl (C=O) groups is 1. The predicted octanol–water partition coefficient (Wildman–Crippen LogP) is -1.92. The van der Waals surface area contributed by atoms with Crippen molar-refractivity contribution in [2.24, 2.45) is 0 Å². The van der Waals surface area contributed by atoms with E-state index in [4.69, 9.17) is 0 Å². The lowest BCUT2D eigenvalue weighted by molar-refractivity contribution is -0.258. The van der Waals surface area contributed by atoms with Crippen LogP contribution in [0.5, 0.6) is 0 Å². The van der Waals surface area contributed by atoms with Gasteiger partial charge in [0.15, 0.2) is 0 Å². The molecule has 0 atom stereocenters. The van der Waals surface area contributed by atoms with Gasteiger partial charge in [-0.25, -0.2) is 4.79 Å². The maximum atomic E-state index is 12.0. The zero-order chi connectivity index (χ0) is 8.70. The van der Waals surface area contributed by atoms with Crippen molar-refractivity contribution in [3.05, 3.63) is 0 Å². The van der Waals surface area contributed by atoms with E-state index in [1.54, 1.807) is 0 Å². The summed E-state index contributed by atoms with van der Waals surface area (Å²) in [5.41, 5.74) is -1.89. The summed E-state index contributed by atoms with van der Waals surface area (Å²) in [5, 5.41) is 1.91. The molecule has 1 fully saturated rings. The molecule has 0 heterocycles. The lowest BCUT2D eigenvalue weighted by Gasteiger charge is -2.16. The number of rotatable bonds is 1. The minimum atomic E-state index is -4.29. The van der Waals surface area contributed by atoms with Crippen molar-refractivity contribution in [1.29, 1.82) is 0 Å². The van der Waals surface area contributed by atoms with Crippen molar-refractivity contribution in [3.63, 3.8) is 0 Å². The molecule has 0 aromatic heterocycles. The molecule has 1 aliphatic rings. The second-order valence-corrected chi connectivity index (χ2v) is 3.55. The molecule has 64 valence electrons. The fourth-order valence-electron chi connectivity index (χ4n) is 0.800. The second-order valence-electron chi connectivity index (χ2n) is 2.49. The summed E-state index contributed by atoms with van der Waals surface area (Å²) in [5.74, 6) is 0. The zero-order valence-corrected chi connectivity index (χ0v) is 7.69. The molecule has 1 rings (SSSR count). The molecule has 2 nitrogen and oxygen atoms in total. The molecular weight excluding hydrogens is 274 g/mol. The van der Waals surface area contributed by atoms with E-state index in [2.05, 4.69) is 0 Å². The fourth-order valence-corrected chi connectivity index (χ4v) is 1.36. The second kappa shape index (κ2) is 2.49. The summed E-state index contributed by atoms with van der Waals surface area (Å²) in [7, 11) is 0. The summed E-state index contributed by atoms with van der Waals surface area (Å²) < 4.78 is 35.5. The Labute approximate surface area is 74.7 Å². The molecule has 0 saturated heterocycles. The van der Waals surface area contributed by atoms with E-state index in [0.29, 0.717) is 0 Å². The first-order chi connectivity index (χ1) is 4.87. The minimum absolute atomic E-state index is 0.0116. The largest absolute Gasteiger partial charge is 0.456 e. The number of alkyl halides is 3. The number of nitrogens with one attached hydrogen (secondary N) is 1. The Morgan fingerprint density at radius 2 is 1.91 bits per heavy atom. The van der Waals surface area contributed by atoms with Gasteiger partial charge in [-0.2, -0.15) is 13.2 Å². The van der Waals surface area contributed by atoms with Crippen LogP contribution >= 0.6 is 0 Å². The average molecular weight is 280 g/mol. The van der Waals surface area contributed by atoms with Gasteiger partial charge in [-0.05, 0) is 12.8 Å².